The van der Waals surface area contributed by atoms with Crippen LogP contribution in [0.3, 0.4) is 0 Å². The second-order valence-electron chi connectivity index (χ2n) is 1.05. The second-order valence-corrected chi connectivity index (χ2v) is 1.05. The summed E-state index contributed by atoms with van der Waals surface area (Å²) in [5.74, 6) is 0.333. The molecule has 1 aromatic heterocycles. The zero-order chi connectivity index (χ0) is 5.11. The van der Waals surface area contributed by atoms with E-state index >= 15 is 0 Å². The summed E-state index contributed by atoms with van der Waals surface area (Å²) in [5.41, 5.74) is 0. The van der Waals surface area contributed by atoms with Crippen LogP contribution in [0.15, 0.2) is 22.8 Å². The molecule has 0 N–H and O–H groups in total. The van der Waals surface area contributed by atoms with E-state index in [9.17, 15) is 0 Å². The number of furan rings is 1. The molecular weight excluding hydrogens is 92.1 g/mol. The van der Waals surface area contributed by atoms with Crippen molar-refractivity contribution in [1.82, 2.24) is 0 Å². The molecule has 0 aliphatic rings. The van der Waals surface area contributed by atoms with Crippen molar-refractivity contribution in [3.63, 3.8) is 0 Å². The van der Waals surface area contributed by atoms with Crippen LogP contribution >= 0.6 is 0 Å². The van der Waals surface area contributed by atoms with Gasteiger partial charge in [0.25, 0.3) is 5.95 Å². The number of ether oxygens (including phenoxy) is 1. The Morgan fingerprint density at radius 3 is 2.86 bits per heavy atom. The highest BCUT2D eigenvalue weighted by molar-refractivity contribution is 5.03. The normalized spacial score (nSPS) is 8.71. The smallest absolute Gasteiger partial charge is 0.284 e. The molecule has 0 atom stereocenters. The van der Waals surface area contributed by atoms with Crippen LogP contribution in [-0.2, 0) is 0 Å². The number of hydrogen-bond donors (Lipinski definition) is 0. The molecule has 1 rings (SSSR count). The molecule has 0 aliphatic heterocycles. The third kappa shape index (κ3) is 0.738. The van der Waals surface area contributed by atoms with Gasteiger partial charge in [0.2, 0.25) is 0 Å². The highest BCUT2D eigenvalue weighted by atomic mass is 16.6. The van der Waals surface area contributed by atoms with Gasteiger partial charge >= 0.3 is 0 Å². The molecule has 0 saturated carbocycles. The molecular formula is C5H4O2. The summed E-state index contributed by atoms with van der Waals surface area (Å²) in [6.07, 6.45) is 1.49. The molecule has 1 aromatic rings. The second kappa shape index (κ2) is 1.69. The molecule has 0 fully saturated rings. The van der Waals surface area contributed by atoms with Gasteiger partial charge in [-0.25, -0.2) is 0 Å². The Balaban J connectivity index is 2.76. The Morgan fingerprint density at radius 1 is 1.71 bits per heavy atom. The molecule has 7 heavy (non-hydrogen) atoms. The first kappa shape index (κ1) is 4.24. The monoisotopic (exact) mass is 96.0 g/mol. The van der Waals surface area contributed by atoms with Gasteiger partial charge in [-0.15, -0.1) is 0 Å². The minimum Gasteiger partial charge on any atom is -0.454 e. The molecule has 0 unspecified atom stereocenters. The van der Waals surface area contributed by atoms with E-state index in [4.69, 9.17) is 7.11 Å². The van der Waals surface area contributed by atoms with Crippen LogP contribution in [0.1, 0.15) is 0 Å². The Bertz CT molecular complexity index is 121. The largest absolute Gasteiger partial charge is 0.454 e. The van der Waals surface area contributed by atoms with Gasteiger partial charge in [-0.1, -0.05) is 0 Å². The molecule has 2 radical (unpaired) electrons. The van der Waals surface area contributed by atoms with Crippen molar-refractivity contribution in [3.8, 4) is 5.95 Å². The van der Waals surface area contributed by atoms with Crippen LogP contribution in [0, 0.1) is 7.11 Å². The van der Waals surface area contributed by atoms with E-state index < -0.39 is 0 Å². The minimum atomic E-state index is 0.333. The topological polar surface area (TPSA) is 22.4 Å². The summed E-state index contributed by atoms with van der Waals surface area (Å²) >= 11 is 0. The van der Waals surface area contributed by atoms with E-state index in [1.807, 2.05) is 0 Å². The fourth-order valence-electron chi connectivity index (χ4n) is 0.331. The SMILES string of the molecule is [CH]Oc1ccco1. The van der Waals surface area contributed by atoms with E-state index in [2.05, 4.69) is 9.15 Å². The van der Waals surface area contributed by atoms with Gasteiger partial charge in [0.1, 0.15) is 0 Å². The maximum absolute atomic E-state index is 4.70. The first-order valence-electron chi connectivity index (χ1n) is 1.83. The van der Waals surface area contributed by atoms with Crippen molar-refractivity contribution in [2.75, 3.05) is 0 Å². The maximum atomic E-state index is 4.70. The summed E-state index contributed by atoms with van der Waals surface area (Å²) in [6.45, 7) is 0. The lowest BCUT2D eigenvalue weighted by Crippen LogP contribution is -1.69. The molecule has 1 heterocycles. The van der Waals surface area contributed by atoms with Crippen molar-refractivity contribution in [2.24, 2.45) is 0 Å². The Labute approximate surface area is 41.7 Å². The van der Waals surface area contributed by atoms with E-state index in [-0.39, 0.29) is 0 Å². The van der Waals surface area contributed by atoms with Gasteiger partial charge in [-0.05, 0) is 6.07 Å². The summed E-state index contributed by atoms with van der Waals surface area (Å²) in [4.78, 5) is 0. The Morgan fingerprint density at radius 2 is 2.57 bits per heavy atom. The molecule has 0 bridgehead atoms. The quantitative estimate of drug-likeness (QED) is 0.526. The van der Waals surface area contributed by atoms with Gasteiger partial charge < -0.3 is 9.15 Å². The molecule has 0 aromatic carbocycles. The predicted octanol–water partition coefficient (Wildman–Crippen LogP) is 1.33. The summed E-state index contributed by atoms with van der Waals surface area (Å²) < 4.78 is 8.82. The van der Waals surface area contributed by atoms with Crippen molar-refractivity contribution in [3.05, 3.63) is 25.5 Å². The van der Waals surface area contributed by atoms with Gasteiger partial charge in [0, 0.05) is 6.07 Å². The first-order valence-corrected chi connectivity index (χ1v) is 1.83. The van der Waals surface area contributed by atoms with Gasteiger partial charge in [0.15, 0.2) is 7.11 Å². The van der Waals surface area contributed by atoms with E-state index in [0.717, 1.165) is 0 Å². The summed E-state index contributed by atoms with van der Waals surface area (Å²) in [6, 6.07) is 3.32. The van der Waals surface area contributed by atoms with Crippen LogP contribution in [-0.4, -0.2) is 0 Å². The van der Waals surface area contributed by atoms with Crippen molar-refractivity contribution < 1.29 is 9.15 Å². The number of hydrogen-bond acceptors (Lipinski definition) is 2. The van der Waals surface area contributed by atoms with Crippen LogP contribution in [0.25, 0.3) is 0 Å². The molecule has 0 saturated heterocycles. The Kier molecular flexibility index (Phi) is 1.02. The maximum Gasteiger partial charge on any atom is 0.284 e. The average Bonchev–Trinajstić information content (AvgIpc) is 2.14. The molecule has 0 aliphatic carbocycles. The molecule has 2 nitrogen and oxygen atoms in total. The number of rotatable bonds is 1. The highest BCUT2D eigenvalue weighted by Crippen LogP contribution is 2.07. The summed E-state index contributed by atoms with van der Waals surface area (Å²) in [5, 5.41) is 0. The lowest BCUT2D eigenvalue weighted by atomic mass is 10.7. The van der Waals surface area contributed by atoms with Crippen LogP contribution in [0.2, 0.25) is 0 Å². The van der Waals surface area contributed by atoms with Crippen LogP contribution < -0.4 is 4.74 Å². The van der Waals surface area contributed by atoms with Crippen LogP contribution in [0.4, 0.5) is 0 Å². The predicted molar refractivity (Wildman–Crippen MR) is 23.6 cm³/mol. The fraction of sp³-hybridized carbons (Fsp3) is 0. The molecule has 0 amide bonds. The van der Waals surface area contributed by atoms with Gasteiger partial charge in [-0.3, -0.25) is 0 Å². The van der Waals surface area contributed by atoms with Crippen molar-refractivity contribution in [2.45, 2.75) is 0 Å². The van der Waals surface area contributed by atoms with E-state index in [1.54, 1.807) is 12.1 Å². The van der Waals surface area contributed by atoms with Crippen molar-refractivity contribution in [1.29, 1.82) is 0 Å². The van der Waals surface area contributed by atoms with E-state index in [1.165, 1.54) is 6.26 Å². The molecule has 0 spiro atoms. The zero-order valence-corrected chi connectivity index (χ0v) is 3.63. The van der Waals surface area contributed by atoms with Gasteiger partial charge in [0.05, 0.1) is 6.26 Å². The molecule has 36 valence electrons. The molecule has 2 heteroatoms. The lowest BCUT2D eigenvalue weighted by molar-refractivity contribution is 0.340. The third-order valence-electron chi connectivity index (χ3n) is 0.611. The highest BCUT2D eigenvalue weighted by Gasteiger charge is 1.85. The third-order valence-corrected chi connectivity index (χ3v) is 0.611. The van der Waals surface area contributed by atoms with Crippen LogP contribution in [0.5, 0.6) is 5.95 Å². The average molecular weight is 96.1 g/mol. The Hall–Kier alpha value is -0.920. The van der Waals surface area contributed by atoms with Gasteiger partial charge in [-0.2, -0.15) is 0 Å². The van der Waals surface area contributed by atoms with Crippen molar-refractivity contribution >= 4 is 0 Å². The fourth-order valence-corrected chi connectivity index (χ4v) is 0.331. The first-order chi connectivity index (χ1) is 3.43. The summed E-state index contributed by atoms with van der Waals surface area (Å²) in [7, 11) is 4.70. The lowest BCUT2D eigenvalue weighted by Gasteiger charge is -1.84. The minimum absolute atomic E-state index is 0.333. The standard InChI is InChI=1S/C5H4O2/c1-6-5-3-2-4-7-5/h1-4H. The van der Waals surface area contributed by atoms with E-state index in [0.29, 0.717) is 5.95 Å². The zero-order valence-electron chi connectivity index (χ0n) is 3.63.